The number of amides is 2. The van der Waals surface area contributed by atoms with Crippen molar-refractivity contribution < 1.29 is 9.59 Å². The molecule has 1 aromatic carbocycles. The van der Waals surface area contributed by atoms with E-state index in [1.807, 2.05) is 41.1 Å². The van der Waals surface area contributed by atoms with Crippen LogP contribution in [0.3, 0.4) is 0 Å². The summed E-state index contributed by atoms with van der Waals surface area (Å²) in [7, 11) is 0. The maximum atomic E-state index is 14.0. The van der Waals surface area contributed by atoms with Gasteiger partial charge in [-0.05, 0) is 66.3 Å². The molecule has 0 spiro atoms. The van der Waals surface area contributed by atoms with Gasteiger partial charge in [-0.1, -0.05) is 52.7 Å². The van der Waals surface area contributed by atoms with E-state index in [1.165, 1.54) is 12.0 Å². The van der Waals surface area contributed by atoms with Gasteiger partial charge in [-0.3, -0.25) is 14.5 Å². The van der Waals surface area contributed by atoms with Gasteiger partial charge < -0.3 is 9.88 Å². The Morgan fingerprint density at radius 2 is 1.88 bits per heavy atom. The monoisotopic (exact) mass is 477 g/mol. The Balaban J connectivity index is 1.57. The van der Waals surface area contributed by atoms with E-state index in [0.717, 1.165) is 28.7 Å². The minimum Gasteiger partial charge on any atom is -0.351 e. The van der Waals surface area contributed by atoms with Crippen molar-refractivity contribution in [3.63, 3.8) is 0 Å². The summed E-state index contributed by atoms with van der Waals surface area (Å²) >= 11 is 1.63. The zero-order valence-electron chi connectivity index (χ0n) is 20.8. The molecule has 1 N–H and O–H groups in total. The molecule has 1 saturated carbocycles. The lowest BCUT2D eigenvalue weighted by Crippen LogP contribution is -2.66. The van der Waals surface area contributed by atoms with Crippen molar-refractivity contribution in [1.29, 1.82) is 0 Å². The number of carbonyl (C=O) groups is 2. The van der Waals surface area contributed by atoms with E-state index in [9.17, 15) is 9.59 Å². The van der Waals surface area contributed by atoms with Crippen LogP contribution in [0.4, 0.5) is 5.69 Å². The summed E-state index contributed by atoms with van der Waals surface area (Å²) in [5, 5.41) is 5.42. The topological polar surface area (TPSA) is 54.3 Å². The highest BCUT2D eigenvalue weighted by molar-refractivity contribution is 7.17. The molecule has 6 heteroatoms. The molecular weight excluding hydrogens is 442 g/mol. The smallest absolute Gasteiger partial charge is 0.275 e. The van der Waals surface area contributed by atoms with Gasteiger partial charge in [-0.2, -0.15) is 0 Å². The van der Waals surface area contributed by atoms with Crippen molar-refractivity contribution in [2.24, 2.45) is 11.8 Å². The van der Waals surface area contributed by atoms with E-state index in [0.29, 0.717) is 30.0 Å². The largest absolute Gasteiger partial charge is 0.351 e. The summed E-state index contributed by atoms with van der Waals surface area (Å²) < 4.78 is 3.12. The number of rotatable bonds is 4. The summed E-state index contributed by atoms with van der Waals surface area (Å²) in [6, 6.07) is 12.3. The van der Waals surface area contributed by atoms with E-state index >= 15 is 0 Å². The van der Waals surface area contributed by atoms with Crippen molar-refractivity contribution >= 4 is 39.1 Å². The van der Waals surface area contributed by atoms with Crippen LogP contribution in [-0.2, 0) is 11.3 Å². The average molecular weight is 478 g/mol. The number of hydrogen-bond acceptors (Lipinski definition) is 3. The molecule has 1 aliphatic heterocycles. The number of aromatic nitrogens is 1. The molecule has 5 rings (SSSR count). The quantitative estimate of drug-likeness (QED) is 0.487. The van der Waals surface area contributed by atoms with Crippen LogP contribution in [-0.4, -0.2) is 28.0 Å². The fraction of sp³-hybridized carbons (Fsp3) is 0.500. The number of hydrogen-bond donors (Lipinski definition) is 1. The predicted molar refractivity (Wildman–Crippen MR) is 140 cm³/mol. The van der Waals surface area contributed by atoms with Gasteiger partial charge >= 0.3 is 0 Å². The van der Waals surface area contributed by atoms with E-state index < -0.39 is 5.54 Å². The van der Waals surface area contributed by atoms with Crippen LogP contribution in [0.5, 0.6) is 0 Å². The van der Waals surface area contributed by atoms with Crippen molar-refractivity contribution in [2.45, 2.75) is 77.9 Å². The molecule has 4 atom stereocenters. The van der Waals surface area contributed by atoms with Crippen LogP contribution in [0, 0.1) is 11.8 Å². The van der Waals surface area contributed by atoms with Crippen LogP contribution in [0.15, 0.2) is 41.8 Å². The first-order valence-electron chi connectivity index (χ1n) is 12.5. The van der Waals surface area contributed by atoms with E-state index in [1.54, 1.807) is 16.2 Å². The maximum absolute atomic E-state index is 14.0. The van der Waals surface area contributed by atoms with Gasteiger partial charge in [-0.15, -0.1) is 11.3 Å². The maximum Gasteiger partial charge on any atom is 0.275 e. The molecule has 0 saturated heterocycles. The molecule has 0 unspecified atom stereocenters. The molecule has 1 aliphatic carbocycles. The predicted octanol–water partition coefficient (Wildman–Crippen LogP) is 6.19. The summed E-state index contributed by atoms with van der Waals surface area (Å²) in [6.07, 6.45) is 3.33. The van der Waals surface area contributed by atoms with Gasteiger partial charge in [0.2, 0.25) is 5.91 Å². The minimum absolute atomic E-state index is 0.0672. The third kappa shape index (κ3) is 3.67. The summed E-state index contributed by atoms with van der Waals surface area (Å²) in [6.45, 7) is 11.2. The highest BCUT2D eigenvalue weighted by Crippen LogP contribution is 2.38. The molecule has 5 nitrogen and oxygen atoms in total. The number of benzene rings is 1. The second-order valence-corrected chi connectivity index (χ2v) is 11.7. The van der Waals surface area contributed by atoms with Gasteiger partial charge in [-0.25, -0.2) is 0 Å². The molecule has 34 heavy (non-hydrogen) atoms. The lowest BCUT2D eigenvalue weighted by molar-refractivity contribution is -0.128. The standard InChI is InChI=1S/C28H35N3O2S/c1-17(2)20-9-11-21(12-10-20)31-26(32)24-15-25-23(13-14-34-25)30(24)16-28(31,5)27(33)29-22-8-6-7-18(3)19(22)4/h9-15,17-19,22H,6-8,16H2,1-5H3,(H,29,33)/t18-,19+,22+,28+/m0/s1. The number of anilines is 1. The minimum atomic E-state index is -1.03. The molecule has 1 fully saturated rings. The second-order valence-electron chi connectivity index (χ2n) is 10.8. The van der Waals surface area contributed by atoms with E-state index in [2.05, 4.69) is 45.1 Å². The summed E-state index contributed by atoms with van der Waals surface area (Å²) in [5.74, 6) is 1.22. The highest BCUT2D eigenvalue weighted by Gasteiger charge is 2.49. The zero-order chi connectivity index (χ0) is 24.2. The molecule has 180 valence electrons. The fourth-order valence-electron chi connectivity index (χ4n) is 5.74. The first kappa shape index (κ1) is 23.2. The Morgan fingerprint density at radius 1 is 1.15 bits per heavy atom. The normalized spacial score (nSPS) is 27.3. The van der Waals surface area contributed by atoms with Gasteiger partial charge in [0.25, 0.3) is 5.91 Å². The van der Waals surface area contributed by atoms with E-state index in [4.69, 9.17) is 0 Å². The fourth-order valence-corrected chi connectivity index (χ4v) is 6.56. The highest BCUT2D eigenvalue weighted by atomic mass is 32.1. The van der Waals surface area contributed by atoms with Gasteiger partial charge in [0.15, 0.2) is 0 Å². The molecular formula is C28H35N3O2S. The van der Waals surface area contributed by atoms with Crippen molar-refractivity contribution in [3.8, 4) is 0 Å². The van der Waals surface area contributed by atoms with Crippen LogP contribution in [0.2, 0.25) is 0 Å². The number of nitrogens with zero attached hydrogens (tertiary/aromatic N) is 2. The molecule has 2 aliphatic rings. The Morgan fingerprint density at radius 3 is 2.59 bits per heavy atom. The third-order valence-corrected chi connectivity index (χ3v) is 9.09. The van der Waals surface area contributed by atoms with Crippen molar-refractivity contribution in [1.82, 2.24) is 9.88 Å². The summed E-state index contributed by atoms with van der Waals surface area (Å²) in [5.41, 5.74) is 2.64. The lowest BCUT2D eigenvalue weighted by Gasteiger charge is -2.45. The molecule has 3 aromatic rings. The molecule has 3 heterocycles. The number of nitrogens with one attached hydrogen (secondary N) is 1. The van der Waals surface area contributed by atoms with Crippen LogP contribution in [0.25, 0.3) is 10.2 Å². The molecule has 2 aromatic heterocycles. The summed E-state index contributed by atoms with van der Waals surface area (Å²) in [4.78, 5) is 29.7. The Labute approximate surface area is 206 Å². The first-order valence-corrected chi connectivity index (χ1v) is 13.4. The SMILES string of the molecule is CC(C)c1ccc(N2C(=O)c3cc4sccc4n3C[C@]2(C)C(=O)N[C@@H]2CCC[C@H](C)[C@H]2C)cc1. The second kappa shape index (κ2) is 8.56. The average Bonchev–Trinajstić information content (AvgIpc) is 3.40. The van der Waals surface area contributed by atoms with Crippen LogP contribution >= 0.6 is 11.3 Å². The van der Waals surface area contributed by atoms with Crippen molar-refractivity contribution in [3.05, 3.63) is 53.0 Å². The number of fused-ring (bicyclic) bond motifs is 3. The van der Waals surface area contributed by atoms with Crippen LogP contribution in [0.1, 0.15) is 75.9 Å². The Kier molecular flexibility index (Phi) is 5.83. The van der Waals surface area contributed by atoms with Gasteiger partial charge in [0, 0.05) is 11.7 Å². The van der Waals surface area contributed by atoms with E-state index in [-0.39, 0.29) is 17.9 Å². The first-order chi connectivity index (χ1) is 16.2. The number of thiophene rings is 1. The van der Waals surface area contributed by atoms with Crippen LogP contribution < -0.4 is 10.2 Å². The van der Waals surface area contributed by atoms with Gasteiger partial charge in [0.1, 0.15) is 11.2 Å². The Hall–Kier alpha value is -2.60. The zero-order valence-corrected chi connectivity index (χ0v) is 21.6. The third-order valence-electron chi connectivity index (χ3n) is 8.23. The lowest BCUT2D eigenvalue weighted by atomic mass is 9.77. The Bertz CT molecular complexity index is 1220. The molecule has 0 bridgehead atoms. The van der Waals surface area contributed by atoms with Crippen molar-refractivity contribution in [2.75, 3.05) is 4.90 Å². The molecule has 0 radical (unpaired) electrons. The van der Waals surface area contributed by atoms with Gasteiger partial charge in [0.05, 0.1) is 16.8 Å². The number of carbonyl (C=O) groups excluding carboxylic acids is 2. The molecule has 2 amide bonds.